The van der Waals surface area contributed by atoms with E-state index in [1.165, 1.54) is 12.2 Å². The van der Waals surface area contributed by atoms with E-state index in [0.717, 1.165) is 13.2 Å². The number of nitrogens with one attached hydrogen (secondary N) is 1. The van der Waals surface area contributed by atoms with Crippen molar-refractivity contribution in [2.45, 2.75) is 26.3 Å². The Balaban J connectivity index is 3.45. The minimum atomic E-state index is 0.506. The standard InChI is InChI=1S/C10H23NOS/c1-9(2)10(8-12-3)11-6-5-7-13-4/h9-11H,5-8H2,1-4H3. The van der Waals surface area contributed by atoms with Crippen molar-refractivity contribution in [3.63, 3.8) is 0 Å². The van der Waals surface area contributed by atoms with Gasteiger partial charge in [-0.25, -0.2) is 0 Å². The molecule has 0 aliphatic rings. The molecule has 13 heavy (non-hydrogen) atoms. The van der Waals surface area contributed by atoms with E-state index in [1.54, 1.807) is 7.11 Å². The van der Waals surface area contributed by atoms with Gasteiger partial charge in [0.2, 0.25) is 0 Å². The van der Waals surface area contributed by atoms with Crippen LogP contribution in [0.5, 0.6) is 0 Å². The van der Waals surface area contributed by atoms with Gasteiger partial charge in [-0.05, 0) is 30.9 Å². The van der Waals surface area contributed by atoms with Crippen LogP contribution in [0.4, 0.5) is 0 Å². The first-order valence-electron chi connectivity index (χ1n) is 4.93. The van der Waals surface area contributed by atoms with Crippen molar-refractivity contribution in [2.75, 3.05) is 32.3 Å². The second kappa shape index (κ2) is 8.85. The number of rotatable bonds is 8. The minimum Gasteiger partial charge on any atom is -0.383 e. The van der Waals surface area contributed by atoms with Gasteiger partial charge in [-0.3, -0.25) is 0 Å². The van der Waals surface area contributed by atoms with Gasteiger partial charge < -0.3 is 10.1 Å². The van der Waals surface area contributed by atoms with E-state index in [1.807, 2.05) is 11.8 Å². The predicted octanol–water partition coefficient (Wildman–Crippen LogP) is 2.00. The second-order valence-corrected chi connectivity index (χ2v) is 4.59. The van der Waals surface area contributed by atoms with E-state index >= 15 is 0 Å². The van der Waals surface area contributed by atoms with Crippen molar-refractivity contribution in [1.82, 2.24) is 5.32 Å². The van der Waals surface area contributed by atoms with Crippen LogP contribution in [0.3, 0.4) is 0 Å². The third kappa shape index (κ3) is 7.35. The first-order valence-corrected chi connectivity index (χ1v) is 6.33. The first-order chi connectivity index (χ1) is 6.22. The lowest BCUT2D eigenvalue weighted by Crippen LogP contribution is -2.38. The fourth-order valence-electron chi connectivity index (χ4n) is 1.17. The highest BCUT2D eigenvalue weighted by Gasteiger charge is 2.10. The summed E-state index contributed by atoms with van der Waals surface area (Å²) < 4.78 is 5.15. The molecule has 0 bridgehead atoms. The molecule has 0 saturated heterocycles. The summed E-state index contributed by atoms with van der Waals surface area (Å²) in [6.45, 7) is 6.38. The summed E-state index contributed by atoms with van der Waals surface area (Å²) in [6, 6.07) is 0.506. The van der Waals surface area contributed by atoms with Crippen molar-refractivity contribution in [3.8, 4) is 0 Å². The van der Waals surface area contributed by atoms with Crippen LogP contribution in [0, 0.1) is 5.92 Å². The average Bonchev–Trinajstić information content (AvgIpc) is 2.10. The summed E-state index contributed by atoms with van der Waals surface area (Å²) in [7, 11) is 1.76. The molecule has 0 fully saturated rings. The largest absolute Gasteiger partial charge is 0.383 e. The quantitative estimate of drug-likeness (QED) is 0.612. The smallest absolute Gasteiger partial charge is 0.0618 e. The third-order valence-corrected chi connectivity index (χ3v) is 2.78. The molecule has 0 amide bonds. The van der Waals surface area contributed by atoms with Gasteiger partial charge in [0, 0.05) is 13.2 Å². The molecular formula is C10H23NOS. The Morgan fingerprint density at radius 2 is 2.08 bits per heavy atom. The van der Waals surface area contributed by atoms with Gasteiger partial charge in [-0.2, -0.15) is 11.8 Å². The Kier molecular flexibility index (Phi) is 9.03. The molecule has 0 radical (unpaired) electrons. The summed E-state index contributed by atoms with van der Waals surface area (Å²) in [5.74, 6) is 1.89. The van der Waals surface area contributed by atoms with Crippen LogP contribution in [-0.2, 0) is 4.74 Å². The summed E-state index contributed by atoms with van der Waals surface area (Å²) in [5.41, 5.74) is 0. The molecule has 3 heteroatoms. The zero-order valence-corrected chi connectivity index (χ0v) is 10.1. The maximum Gasteiger partial charge on any atom is 0.0618 e. The lowest BCUT2D eigenvalue weighted by Gasteiger charge is -2.21. The van der Waals surface area contributed by atoms with Crippen molar-refractivity contribution in [1.29, 1.82) is 0 Å². The van der Waals surface area contributed by atoms with Gasteiger partial charge in [-0.1, -0.05) is 13.8 Å². The zero-order valence-electron chi connectivity index (χ0n) is 9.30. The molecule has 0 aliphatic carbocycles. The lowest BCUT2D eigenvalue weighted by molar-refractivity contribution is 0.147. The molecule has 0 rings (SSSR count). The second-order valence-electron chi connectivity index (χ2n) is 3.61. The van der Waals surface area contributed by atoms with Crippen LogP contribution in [0.1, 0.15) is 20.3 Å². The molecular weight excluding hydrogens is 182 g/mol. The number of methoxy groups -OCH3 is 1. The molecule has 1 unspecified atom stereocenters. The van der Waals surface area contributed by atoms with E-state index in [0.29, 0.717) is 12.0 Å². The maximum atomic E-state index is 5.15. The van der Waals surface area contributed by atoms with E-state index in [-0.39, 0.29) is 0 Å². The van der Waals surface area contributed by atoms with E-state index in [2.05, 4.69) is 25.4 Å². The average molecular weight is 205 g/mol. The lowest BCUT2D eigenvalue weighted by atomic mass is 10.1. The van der Waals surface area contributed by atoms with Gasteiger partial charge in [0.1, 0.15) is 0 Å². The Labute approximate surface area is 86.8 Å². The highest BCUT2D eigenvalue weighted by molar-refractivity contribution is 7.98. The number of thioether (sulfide) groups is 1. The normalized spacial score (nSPS) is 13.6. The fourth-order valence-corrected chi connectivity index (χ4v) is 1.60. The van der Waals surface area contributed by atoms with E-state index in [4.69, 9.17) is 4.74 Å². The number of hydrogen-bond donors (Lipinski definition) is 1. The summed E-state index contributed by atoms with van der Waals surface area (Å²) in [6.07, 6.45) is 3.39. The highest BCUT2D eigenvalue weighted by Crippen LogP contribution is 2.02. The first kappa shape index (κ1) is 13.3. The van der Waals surface area contributed by atoms with Crippen molar-refractivity contribution >= 4 is 11.8 Å². The molecule has 80 valence electrons. The molecule has 0 aromatic heterocycles. The summed E-state index contributed by atoms with van der Waals surface area (Å²) >= 11 is 1.90. The molecule has 0 saturated carbocycles. The molecule has 1 N–H and O–H groups in total. The molecule has 0 aliphatic heterocycles. The molecule has 2 nitrogen and oxygen atoms in total. The number of hydrogen-bond acceptors (Lipinski definition) is 3. The van der Waals surface area contributed by atoms with Crippen LogP contribution in [0.2, 0.25) is 0 Å². The third-order valence-electron chi connectivity index (χ3n) is 2.08. The van der Waals surface area contributed by atoms with Crippen LogP contribution >= 0.6 is 11.8 Å². The number of ether oxygens (including phenoxy) is 1. The maximum absolute atomic E-state index is 5.15. The highest BCUT2D eigenvalue weighted by atomic mass is 32.2. The topological polar surface area (TPSA) is 21.3 Å². The van der Waals surface area contributed by atoms with Gasteiger partial charge in [0.05, 0.1) is 6.61 Å². The van der Waals surface area contributed by atoms with Gasteiger partial charge in [0.25, 0.3) is 0 Å². The van der Waals surface area contributed by atoms with Gasteiger partial charge >= 0.3 is 0 Å². The Hall–Kier alpha value is 0.270. The summed E-state index contributed by atoms with van der Waals surface area (Å²) in [4.78, 5) is 0. The molecule has 1 atom stereocenters. The Bertz CT molecular complexity index is 109. The van der Waals surface area contributed by atoms with Crippen molar-refractivity contribution in [3.05, 3.63) is 0 Å². The van der Waals surface area contributed by atoms with Crippen LogP contribution < -0.4 is 5.32 Å². The molecule has 0 heterocycles. The molecule has 0 aromatic rings. The van der Waals surface area contributed by atoms with E-state index in [9.17, 15) is 0 Å². The minimum absolute atomic E-state index is 0.506. The fraction of sp³-hybridized carbons (Fsp3) is 1.00. The molecule has 0 aromatic carbocycles. The SMILES string of the molecule is COCC(NCCCSC)C(C)C. The Morgan fingerprint density at radius 1 is 1.38 bits per heavy atom. The summed E-state index contributed by atoms with van der Waals surface area (Å²) in [5, 5.41) is 3.52. The van der Waals surface area contributed by atoms with Crippen molar-refractivity contribution < 1.29 is 4.74 Å². The predicted molar refractivity (Wildman–Crippen MR) is 61.5 cm³/mol. The monoisotopic (exact) mass is 205 g/mol. The zero-order chi connectivity index (χ0) is 10.1. The van der Waals surface area contributed by atoms with Crippen LogP contribution in [-0.4, -0.2) is 38.3 Å². The van der Waals surface area contributed by atoms with Crippen molar-refractivity contribution in [2.24, 2.45) is 5.92 Å². The van der Waals surface area contributed by atoms with Crippen LogP contribution in [0.25, 0.3) is 0 Å². The van der Waals surface area contributed by atoms with Crippen LogP contribution in [0.15, 0.2) is 0 Å². The van der Waals surface area contributed by atoms with Gasteiger partial charge in [0.15, 0.2) is 0 Å². The van der Waals surface area contributed by atoms with Gasteiger partial charge in [-0.15, -0.1) is 0 Å². The molecule has 0 spiro atoms. The van der Waals surface area contributed by atoms with E-state index < -0.39 is 0 Å². The Morgan fingerprint density at radius 3 is 2.54 bits per heavy atom.